The van der Waals surface area contributed by atoms with Crippen molar-refractivity contribution in [2.75, 3.05) is 14.1 Å². The van der Waals surface area contributed by atoms with Gasteiger partial charge in [-0.25, -0.2) is 9.98 Å². The predicted octanol–water partition coefficient (Wildman–Crippen LogP) is 3.01. The van der Waals surface area contributed by atoms with Gasteiger partial charge in [-0.3, -0.25) is 0 Å². The van der Waals surface area contributed by atoms with E-state index in [2.05, 4.69) is 21.8 Å². The highest BCUT2D eigenvalue weighted by molar-refractivity contribution is 5.64. The van der Waals surface area contributed by atoms with E-state index in [1.165, 1.54) is 0 Å². The lowest BCUT2D eigenvalue weighted by Crippen LogP contribution is -2.07. The van der Waals surface area contributed by atoms with Gasteiger partial charge in [0.15, 0.2) is 0 Å². The van der Waals surface area contributed by atoms with Gasteiger partial charge in [0.05, 0.1) is 12.0 Å². The summed E-state index contributed by atoms with van der Waals surface area (Å²) < 4.78 is 0. The smallest absolute Gasteiger partial charge is 0.139 e. The Hall–Kier alpha value is -2.60. The van der Waals surface area contributed by atoms with Crippen LogP contribution in [0.15, 0.2) is 47.5 Å². The first-order chi connectivity index (χ1) is 9.65. The van der Waals surface area contributed by atoms with Gasteiger partial charge in [-0.1, -0.05) is 24.1 Å². The zero-order valence-electron chi connectivity index (χ0n) is 12.0. The molecule has 3 heteroatoms. The van der Waals surface area contributed by atoms with E-state index < -0.39 is 0 Å². The SMILES string of the molecule is Cc1ccc(/N=C/N(C)C)c(C#Cc2ccccc2)n1. The molecule has 0 unspecified atom stereocenters. The fraction of sp³-hybridized carbons (Fsp3) is 0.176. The summed E-state index contributed by atoms with van der Waals surface area (Å²) in [6.45, 7) is 1.95. The molecule has 0 saturated carbocycles. The molecule has 0 spiro atoms. The molecule has 20 heavy (non-hydrogen) atoms. The maximum atomic E-state index is 4.46. The molecule has 1 aromatic heterocycles. The third kappa shape index (κ3) is 3.96. The molecule has 2 aromatic rings. The molecule has 2 rings (SSSR count). The van der Waals surface area contributed by atoms with Crippen molar-refractivity contribution < 1.29 is 0 Å². The van der Waals surface area contributed by atoms with Crippen LogP contribution in [-0.4, -0.2) is 30.3 Å². The molecule has 100 valence electrons. The first kappa shape index (κ1) is 13.8. The fourth-order valence-corrected chi connectivity index (χ4v) is 1.58. The zero-order valence-corrected chi connectivity index (χ0v) is 12.0. The van der Waals surface area contributed by atoms with E-state index >= 15 is 0 Å². The van der Waals surface area contributed by atoms with E-state index in [1.807, 2.05) is 68.4 Å². The highest BCUT2D eigenvalue weighted by Crippen LogP contribution is 2.16. The fourth-order valence-electron chi connectivity index (χ4n) is 1.58. The highest BCUT2D eigenvalue weighted by Gasteiger charge is 2.00. The second-order valence-corrected chi connectivity index (χ2v) is 4.64. The van der Waals surface area contributed by atoms with E-state index in [-0.39, 0.29) is 0 Å². The van der Waals surface area contributed by atoms with Crippen LogP contribution in [0.5, 0.6) is 0 Å². The maximum absolute atomic E-state index is 4.46. The Morgan fingerprint density at radius 1 is 1.05 bits per heavy atom. The number of aliphatic imine (C=N–C) groups is 1. The Labute approximate surface area is 120 Å². The average Bonchev–Trinajstić information content (AvgIpc) is 2.45. The average molecular weight is 263 g/mol. The lowest BCUT2D eigenvalue weighted by molar-refractivity contribution is 0.643. The number of pyridine rings is 1. The van der Waals surface area contributed by atoms with E-state index in [1.54, 1.807) is 6.34 Å². The first-order valence-electron chi connectivity index (χ1n) is 6.40. The minimum Gasteiger partial charge on any atom is -0.369 e. The number of hydrogen-bond donors (Lipinski definition) is 0. The second kappa shape index (κ2) is 6.53. The van der Waals surface area contributed by atoms with Gasteiger partial charge in [-0.2, -0.15) is 0 Å². The van der Waals surface area contributed by atoms with Gasteiger partial charge >= 0.3 is 0 Å². The Kier molecular flexibility index (Phi) is 4.52. The molecule has 0 aliphatic carbocycles. The first-order valence-corrected chi connectivity index (χ1v) is 6.40. The van der Waals surface area contributed by atoms with Gasteiger partial charge in [-0.05, 0) is 37.1 Å². The summed E-state index contributed by atoms with van der Waals surface area (Å²) in [4.78, 5) is 10.7. The van der Waals surface area contributed by atoms with Crippen LogP contribution < -0.4 is 0 Å². The van der Waals surface area contributed by atoms with E-state index in [4.69, 9.17) is 0 Å². The van der Waals surface area contributed by atoms with Crippen molar-refractivity contribution >= 4 is 12.0 Å². The van der Waals surface area contributed by atoms with Gasteiger partial charge < -0.3 is 4.90 Å². The van der Waals surface area contributed by atoms with Crippen LogP contribution in [0, 0.1) is 18.8 Å². The van der Waals surface area contributed by atoms with Gasteiger partial charge in [0.2, 0.25) is 0 Å². The van der Waals surface area contributed by atoms with Crippen LogP contribution in [0.4, 0.5) is 5.69 Å². The van der Waals surface area contributed by atoms with Crippen molar-refractivity contribution in [3.05, 3.63) is 59.4 Å². The monoisotopic (exact) mass is 263 g/mol. The molecule has 1 aromatic carbocycles. The van der Waals surface area contributed by atoms with Crippen molar-refractivity contribution in [2.45, 2.75) is 6.92 Å². The van der Waals surface area contributed by atoms with Crippen molar-refractivity contribution in [1.29, 1.82) is 0 Å². The number of rotatable bonds is 2. The van der Waals surface area contributed by atoms with Gasteiger partial charge in [0, 0.05) is 25.4 Å². The van der Waals surface area contributed by atoms with Crippen LogP contribution in [0.2, 0.25) is 0 Å². The summed E-state index contributed by atoms with van der Waals surface area (Å²) in [6, 6.07) is 13.8. The molecule has 0 aliphatic rings. The molecule has 0 aliphatic heterocycles. The minimum absolute atomic E-state index is 0.701. The maximum Gasteiger partial charge on any atom is 0.139 e. The molecule has 0 radical (unpaired) electrons. The summed E-state index contributed by atoms with van der Waals surface area (Å²) >= 11 is 0. The Balaban J connectivity index is 2.36. The zero-order chi connectivity index (χ0) is 14.4. The van der Waals surface area contributed by atoms with Crippen LogP contribution in [0.25, 0.3) is 0 Å². The second-order valence-electron chi connectivity index (χ2n) is 4.64. The third-order valence-corrected chi connectivity index (χ3v) is 2.54. The van der Waals surface area contributed by atoms with Crippen molar-refractivity contribution in [1.82, 2.24) is 9.88 Å². The topological polar surface area (TPSA) is 28.5 Å². The molecule has 1 heterocycles. The summed E-state index contributed by atoms with van der Waals surface area (Å²) in [5.74, 6) is 6.22. The van der Waals surface area contributed by atoms with Crippen molar-refractivity contribution in [2.24, 2.45) is 4.99 Å². The third-order valence-electron chi connectivity index (χ3n) is 2.54. The van der Waals surface area contributed by atoms with Crippen LogP contribution >= 0.6 is 0 Å². The summed E-state index contributed by atoms with van der Waals surface area (Å²) in [5.41, 5.74) is 3.39. The predicted molar refractivity (Wildman–Crippen MR) is 83.2 cm³/mol. The summed E-state index contributed by atoms with van der Waals surface area (Å²) in [6.07, 6.45) is 1.75. The van der Waals surface area contributed by atoms with Crippen LogP contribution in [-0.2, 0) is 0 Å². The van der Waals surface area contributed by atoms with E-state index in [0.717, 1.165) is 16.9 Å². The lowest BCUT2D eigenvalue weighted by Gasteiger charge is -2.04. The lowest BCUT2D eigenvalue weighted by atomic mass is 10.2. The molecule has 0 fully saturated rings. The number of aryl methyl sites for hydroxylation is 1. The standard InChI is InChI=1S/C17H17N3/c1-14-9-11-16(18-13-20(2)3)17(19-14)12-10-15-7-5-4-6-8-15/h4-9,11,13H,1-3H3/b18-13+. The van der Waals surface area contributed by atoms with Gasteiger partial charge in [0.1, 0.15) is 5.69 Å². The molecular weight excluding hydrogens is 246 g/mol. The van der Waals surface area contributed by atoms with Gasteiger partial charge in [-0.15, -0.1) is 0 Å². The Bertz CT molecular complexity index is 662. The summed E-state index contributed by atoms with van der Waals surface area (Å²) in [7, 11) is 3.86. The number of benzene rings is 1. The Morgan fingerprint density at radius 2 is 1.80 bits per heavy atom. The molecule has 0 amide bonds. The molecule has 0 atom stereocenters. The number of aromatic nitrogens is 1. The Morgan fingerprint density at radius 3 is 2.50 bits per heavy atom. The molecule has 0 bridgehead atoms. The van der Waals surface area contributed by atoms with E-state index in [0.29, 0.717) is 5.69 Å². The van der Waals surface area contributed by atoms with Crippen molar-refractivity contribution in [3.63, 3.8) is 0 Å². The normalized spacial score (nSPS) is 10.2. The van der Waals surface area contributed by atoms with Gasteiger partial charge in [0.25, 0.3) is 0 Å². The van der Waals surface area contributed by atoms with Crippen LogP contribution in [0.1, 0.15) is 17.0 Å². The molecule has 3 nitrogen and oxygen atoms in total. The molecule has 0 saturated heterocycles. The highest BCUT2D eigenvalue weighted by atomic mass is 15.1. The molecule has 0 N–H and O–H groups in total. The number of nitrogens with zero attached hydrogens (tertiary/aromatic N) is 3. The summed E-state index contributed by atoms with van der Waals surface area (Å²) in [5, 5.41) is 0. The van der Waals surface area contributed by atoms with E-state index in [9.17, 15) is 0 Å². The minimum atomic E-state index is 0.701. The van der Waals surface area contributed by atoms with Crippen molar-refractivity contribution in [3.8, 4) is 11.8 Å². The molecular formula is C17H17N3. The largest absolute Gasteiger partial charge is 0.369 e. The number of hydrogen-bond acceptors (Lipinski definition) is 2. The van der Waals surface area contributed by atoms with Crippen LogP contribution in [0.3, 0.4) is 0 Å². The quantitative estimate of drug-likeness (QED) is 0.473.